The van der Waals surface area contributed by atoms with Crippen LogP contribution in [0.4, 0.5) is 0 Å². The van der Waals surface area contributed by atoms with Gasteiger partial charge in [0.1, 0.15) is 0 Å². The molecule has 2 fully saturated rings. The van der Waals surface area contributed by atoms with Crippen LogP contribution in [0.3, 0.4) is 0 Å². The molecule has 2 rings (SSSR count). The van der Waals surface area contributed by atoms with E-state index < -0.39 is 0 Å². The Morgan fingerprint density at radius 1 is 1.38 bits per heavy atom. The number of nitrogens with zero attached hydrogens (tertiary/aromatic N) is 2. The molecule has 1 atom stereocenters. The van der Waals surface area contributed by atoms with E-state index in [0.717, 1.165) is 32.6 Å². The van der Waals surface area contributed by atoms with Crippen molar-refractivity contribution in [1.82, 2.24) is 9.80 Å². The maximum Gasteiger partial charge on any atom is 0.0484 e. The van der Waals surface area contributed by atoms with Crippen LogP contribution in [0.25, 0.3) is 0 Å². The Balaban J connectivity index is 2.00. The van der Waals surface area contributed by atoms with E-state index in [1.165, 1.54) is 19.5 Å². The van der Waals surface area contributed by atoms with Crippen molar-refractivity contribution in [2.75, 3.05) is 46.9 Å². The third-order valence-corrected chi connectivity index (χ3v) is 4.37. The molecule has 0 amide bonds. The smallest absolute Gasteiger partial charge is 0.0484 e. The van der Waals surface area contributed by atoms with Gasteiger partial charge in [-0.3, -0.25) is 4.90 Å². The van der Waals surface area contributed by atoms with E-state index in [1.54, 1.807) is 0 Å². The van der Waals surface area contributed by atoms with Crippen LogP contribution >= 0.6 is 0 Å². The fourth-order valence-electron chi connectivity index (χ4n) is 2.99. The molecule has 0 aromatic rings. The number of likely N-dealkylation sites (tertiary alicyclic amines) is 1. The van der Waals surface area contributed by atoms with Gasteiger partial charge in [0.15, 0.2) is 0 Å². The molecule has 4 heteroatoms. The van der Waals surface area contributed by atoms with E-state index in [0.29, 0.717) is 6.04 Å². The maximum absolute atomic E-state index is 6.03. The molecule has 0 aromatic heterocycles. The monoisotopic (exact) mass is 227 g/mol. The van der Waals surface area contributed by atoms with Crippen molar-refractivity contribution >= 4 is 0 Å². The maximum atomic E-state index is 6.03. The lowest BCUT2D eigenvalue weighted by molar-refractivity contribution is -0.0162. The van der Waals surface area contributed by atoms with Crippen LogP contribution in [0.15, 0.2) is 0 Å². The largest absolute Gasteiger partial charge is 0.381 e. The number of nitrogens with two attached hydrogens (primary N) is 1. The molecule has 0 aromatic carbocycles. The minimum absolute atomic E-state index is 0.225. The van der Waals surface area contributed by atoms with Gasteiger partial charge in [0, 0.05) is 44.4 Å². The van der Waals surface area contributed by atoms with Crippen LogP contribution in [-0.4, -0.2) is 68.3 Å². The lowest BCUT2D eigenvalue weighted by atomic mass is 9.88. The molecule has 2 heterocycles. The molecule has 0 bridgehead atoms. The summed E-state index contributed by atoms with van der Waals surface area (Å²) in [5, 5.41) is 0. The van der Waals surface area contributed by atoms with E-state index >= 15 is 0 Å². The molecule has 0 radical (unpaired) electrons. The molecule has 94 valence electrons. The minimum Gasteiger partial charge on any atom is -0.381 e. The topological polar surface area (TPSA) is 41.7 Å². The molecular weight excluding hydrogens is 202 g/mol. The second-order valence-corrected chi connectivity index (χ2v) is 5.39. The lowest BCUT2D eigenvalue weighted by Crippen LogP contribution is -2.56. The Morgan fingerprint density at radius 3 is 2.56 bits per heavy atom. The molecule has 2 aliphatic rings. The first kappa shape index (κ1) is 12.3. The van der Waals surface area contributed by atoms with Gasteiger partial charge in [-0.05, 0) is 33.4 Å². The van der Waals surface area contributed by atoms with Crippen molar-refractivity contribution < 1.29 is 4.74 Å². The van der Waals surface area contributed by atoms with Gasteiger partial charge < -0.3 is 15.4 Å². The average molecular weight is 227 g/mol. The highest BCUT2D eigenvalue weighted by atomic mass is 16.5. The van der Waals surface area contributed by atoms with E-state index in [1.807, 2.05) is 0 Å². The first-order chi connectivity index (χ1) is 7.68. The van der Waals surface area contributed by atoms with E-state index in [2.05, 4.69) is 23.9 Å². The highest BCUT2D eigenvalue weighted by molar-refractivity contribution is 4.98. The predicted molar refractivity (Wildman–Crippen MR) is 65.5 cm³/mol. The fourth-order valence-corrected chi connectivity index (χ4v) is 2.99. The van der Waals surface area contributed by atoms with Crippen molar-refractivity contribution in [2.24, 2.45) is 5.73 Å². The number of likely N-dealkylation sites (N-methyl/N-ethyl adjacent to an activating group) is 1. The van der Waals surface area contributed by atoms with Crippen LogP contribution in [0, 0.1) is 0 Å². The summed E-state index contributed by atoms with van der Waals surface area (Å²) in [4.78, 5) is 4.95. The quantitative estimate of drug-likeness (QED) is 0.744. The minimum atomic E-state index is 0.225. The second kappa shape index (κ2) is 5.00. The van der Waals surface area contributed by atoms with E-state index in [-0.39, 0.29) is 5.54 Å². The molecule has 16 heavy (non-hydrogen) atoms. The molecule has 0 saturated carbocycles. The summed E-state index contributed by atoms with van der Waals surface area (Å²) in [7, 11) is 4.35. The Kier molecular flexibility index (Phi) is 3.85. The first-order valence-electron chi connectivity index (χ1n) is 6.37. The van der Waals surface area contributed by atoms with Gasteiger partial charge in [-0.2, -0.15) is 0 Å². The molecule has 2 aliphatic heterocycles. The van der Waals surface area contributed by atoms with Gasteiger partial charge in [-0.1, -0.05) is 0 Å². The second-order valence-electron chi connectivity index (χ2n) is 5.39. The number of rotatable bonds is 3. The molecule has 2 N–H and O–H groups in total. The van der Waals surface area contributed by atoms with Crippen LogP contribution < -0.4 is 5.73 Å². The van der Waals surface area contributed by atoms with Gasteiger partial charge in [0.05, 0.1) is 0 Å². The standard InChI is InChI=1S/C12H25N3O/c1-14(2)11-3-6-15(9-11)12(10-13)4-7-16-8-5-12/h11H,3-10,13H2,1-2H3. The summed E-state index contributed by atoms with van der Waals surface area (Å²) >= 11 is 0. The zero-order valence-electron chi connectivity index (χ0n) is 10.6. The van der Waals surface area contributed by atoms with Crippen molar-refractivity contribution in [3.05, 3.63) is 0 Å². The number of hydrogen-bond acceptors (Lipinski definition) is 4. The van der Waals surface area contributed by atoms with Gasteiger partial charge in [0.25, 0.3) is 0 Å². The summed E-state index contributed by atoms with van der Waals surface area (Å²) < 4.78 is 5.47. The molecule has 1 unspecified atom stereocenters. The fraction of sp³-hybridized carbons (Fsp3) is 1.00. The van der Waals surface area contributed by atoms with Crippen LogP contribution in [0.1, 0.15) is 19.3 Å². The van der Waals surface area contributed by atoms with Crippen molar-refractivity contribution in [3.63, 3.8) is 0 Å². The van der Waals surface area contributed by atoms with Crippen molar-refractivity contribution in [2.45, 2.75) is 30.8 Å². The molecule has 0 spiro atoms. The van der Waals surface area contributed by atoms with E-state index in [4.69, 9.17) is 10.5 Å². The summed E-state index contributed by atoms with van der Waals surface area (Å²) in [6.07, 6.45) is 3.48. The van der Waals surface area contributed by atoms with Gasteiger partial charge in [-0.15, -0.1) is 0 Å². The summed E-state index contributed by atoms with van der Waals surface area (Å²) in [6.45, 7) is 4.89. The zero-order valence-corrected chi connectivity index (χ0v) is 10.6. The first-order valence-corrected chi connectivity index (χ1v) is 6.37. The highest BCUT2D eigenvalue weighted by Gasteiger charge is 2.41. The SMILES string of the molecule is CN(C)C1CCN(C2(CN)CCOCC2)C1. The summed E-state index contributed by atoms with van der Waals surface area (Å²) in [5.41, 5.74) is 6.25. The molecule has 2 saturated heterocycles. The third kappa shape index (κ3) is 2.25. The van der Waals surface area contributed by atoms with Crippen molar-refractivity contribution in [3.8, 4) is 0 Å². The predicted octanol–water partition coefficient (Wildman–Crippen LogP) is 0.130. The van der Waals surface area contributed by atoms with Crippen molar-refractivity contribution in [1.29, 1.82) is 0 Å². The molecular formula is C12H25N3O. The number of ether oxygens (including phenoxy) is 1. The van der Waals surface area contributed by atoms with Gasteiger partial charge in [-0.25, -0.2) is 0 Å². The molecule has 4 nitrogen and oxygen atoms in total. The van der Waals surface area contributed by atoms with Gasteiger partial charge >= 0.3 is 0 Å². The average Bonchev–Trinajstić information content (AvgIpc) is 2.80. The van der Waals surface area contributed by atoms with Gasteiger partial charge in [0.2, 0.25) is 0 Å². The Labute approximate surface area is 98.7 Å². The third-order valence-electron chi connectivity index (χ3n) is 4.37. The lowest BCUT2D eigenvalue weighted by Gasteiger charge is -2.44. The van der Waals surface area contributed by atoms with Crippen LogP contribution in [0.5, 0.6) is 0 Å². The normalized spacial score (nSPS) is 31.1. The summed E-state index contributed by atoms with van der Waals surface area (Å²) in [5.74, 6) is 0. The van der Waals surface area contributed by atoms with Crippen LogP contribution in [-0.2, 0) is 4.74 Å². The Hall–Kier alpha value is -0.160. The molecule has 0 aliphatic carbocycles. The Bertz CT molecular complexity index is 226. The highest BCUT2D eigenvalue weighted by Crippen LogP contribution is 2.31. The number of hydrogen-bond donors (Lipinski definition) is 1. The summed E-state index contributed by atoms with van der Waals surface area (Å²) in [6, 6.07) is 0.700. The Morgan fingerprint density at radius 2 is 2.06 bits per heavy atom. The zero-order chi connectivity index (χ0) is 11.6. The van der Waals surface area contributed by atoms with E-state index in [9.17, 15) is 0 Å². The van der Waals surface area contributed by atoms with Crippen LogP contribution in [0.2, 0.25) is 0 Å².